The van der Waals surface area contributed by atoms with Gasteiger partial charge < -0.3 is 14.6 Å². The van der Waals surface area contributed by atoms with Gasteiger partial charge in [-0.05, 0) is 13.8 Å². The maximum absolute atomic E-state index is 12.6. The number of carbonyl (C=O) groups is 1. The van der Waals surface area contributed by atoms with E-state index in [4.69, 9.17) is 0 Å². The molecule has 1 amide bonds. The molecular weight excluding hydrogens is 302 g/mol. The van der Waals surface area contributed by atoms with Crippen LogP contribution in [-0.4, -0.2) is 50.4 Å². The van der Waals surface area contributed by atoms with Crippen molar-refractivity contribution in [2.24, 2.45) is 7.05 Å². The Morgan fingerprint density at radius 2 is 2.09 bits per heavy atom. The third-order valence-corrected chi connectivity index (χ3v) is 5.05. The number of fused-ring (bicyclic) bond motifs is 1. The van der Waals surface area contributed by atoms with Gasteiger partial charge in [-0.15, -0.1) is 11.3 Å². The zero-order valence-electron chi connectivity index (χ0n) is 13.1. The van der Waals surface area contributed by atoms with E-state index in [1.807, 2.05) is 13.8 Å². The SMILES string of the molecule is Cc1nc(C)c(CCN2C(=O)c3c(ncn3C)N(C)C2O)s1. The molecule has 22 heavy (non-hydrogen) atoms. The summed E-state index contributed by atoms with van der Waals surface area (Å²) in [6, 6.07) is 0. The van der Waals surface area contributed by atoms with Gasteiger partial charge >= 0.3 is 0 Å². The molecule has 3 heterocycles. The topological polar surface area (TPSA) is 74.5 Å². The van der Waals surface area contributed by atoms with Gasteiger partial charge in [0.1, 0.15) is 0 Å². The summed E-state index contributed by atoms with van der Waals surface area (Å²) in [6.45, 7) is 4.38. The minimum atomic E-state index is -0.996. The normalized spacial score (nSPS) is 18.0. The number of thiazole rings is 1. The number of nitrogens with zero attached hydrogens (tertiary/aromatic N) is 5. The highest BCUT2D eigenvalue weighted by atomic mass is 32.1. The molecule has 0 fully saturated rings. The Labute approximate surface area is 132 Å². The second kappa shape index (κ2) is 5.36. The number of rotatable bonds is 3. The molecule has 2 aromatic heterocycles. The summed E-state index contributed by atoms with van der Waals surface area (Å²) in [5.41, 5.74) is 1.50. The van der Waals surface area contributed by atoms with Crippen molar-refractivity contribution in [3.63, 3.8) is 0 Å². The maximum atomic E-state index is 12.6. The molecule has 0 saturated carbocycles. The molecule has 1 N–H and O–H groups in total. The smallest absolute Gasteiger partial charge is 0.277 e. The van der Waals surface area contributed by atoms with E-state index in [-0.39, 0.29) is 5.91 Å². The lowest BCUT2D eigenvalue weighted by atomic mass is 10.2. The van der Waals surface area contributed by atoms with Gasteiger partial charge in [0, 0.05) is 31.9 Å². The predicted octanol–water partition coefficient (Wildman–Crippen LogP) is 0.904. The third-order valence-electron chi connectivity index (χ3n) is 3.92. The fourth-order valence-electron chi connectivity index (χ4n) is 2.73. The minimum Gasteiger partial charge on any atom is -0.356 e. The van der Waals surface area contributed by atoms with Crippen LogP contribution < -0.4 is 4.90 Å². The first kappa shape index (κ1) is 15.0. The van der Waals surface area contributed by atoms with Crippen LogP contribution in [0.5, 0.6) is 0 Å². The van der Waals surface area contributed by atoms with Crippen molar-refractivity contribution in [1.29, 1.82) is 0 Å². The highest BCUT2D eigenvalue weighted by Gasteiger charge is 2.37. The van der Waals surface area contributed by atoms with Crippen LogP contribution in [0.3, 0.4) is 0 Å². The van der Waals surface area contributed by atoms with Crippen LogP contribution in [0.2, 0.25) is 0 Å². The van der Waals surface area contributed by atoms with Crippen LogP contribution in [0.1, 0.15) is 26.1 Å². The molecule has 2 aromatic rings. The van der Waals surface area contributed by atoms with E-state index in [2.05, 4.69) is 9.97 Å². The molecule has 1 atom stereocenters. The minimum absolute atomic E-state index is 0.195. The molecule has 1 unspecified atom stereocenters. The van der Waals surface area contributed by atoms with Crippen LogP contribution in [-0.2, 0) is 13.5 Å². The third kappa shape index (κ3) is 2.28. The maximum Gasteiger partial charge on any atom is 0.277 e. The van der Waals surface area contributed by atoms with E-state index >= 15 is 0 Å². The zero-order valence-corrected chi connectivity index (χ0v) is 13.9. The van der Waals surface area contributed by atoms with Gasteiger partial charge in [-0.2, -0.15) is 0 Å². The van der Waals surface area contributed by atoms with Gasteiger partial charge in [0.2, 0.25) is 6.35 Å². The highest BCUT2D eigenvalue weighted by Crippen LogP contribution is 2.28. The van der Waals surface area contributed by atoms with Crippen LogP contribution in [0.15, 0.2) is 6.33 Å². The van der Waals surface area contributed by atoms with Crippen molar-refractivity contribution in [1.82, 2.24) is 19.4 Å². The molecule has 7 nitrogen and oxygen atoms in total. The summed E-state index contributed by atoms with van der Waals surface area (Å²) in [5.74, 6) is 0.320. The van der Waals surface area contributed by atoms with Crippen molar-refractivity contribution in [3.05, 3.63) is 27.6 Å². The first-order valence-electron chi connectivity index (χ1n) is 7.06. The molecule has 0 bridgehead atoms. The number of imidazole rings is 1. The van der Waals surface area contributed by atoms with E-state index in [0.717, 1.165) is 15.6 Å². The van der Waals surface area contributed by atoms with Crippen molar-refractivity contribution in [2.45, 2.75) is 26.6 Å². The van der Waals surface area contributed by atoms with Crippen molar-refractivity contribution < 1.29 is 9.90 Å². The molecule has 0 radical (unpaired) electrons. The standard InChI is InChI=1S/C14H19N5O2S/c1-8-10(22-9(2)16-8)5-6-19-13(20)11-12(15-7-17(11)3)18(4)14(19)21/h7,14,21H,5-6H2,1-4H3. The molecule has 3 rings (SSSR count). The average Bonchev–Trinajstić information content (AvgIpc) is 2.99. The second-order valence-electron chi connectivity index (χ2n) is 5.48. The van der Waals surface area contributed by atoms with E-state index in [1.165, 1.54) is 4.90 Å². The quantitative estimate of drug-likeness (QED) is 0.909. The number of hydrogen-bond donors (Lipinski definition) is 1. The Morgan fingerprint density at radius 1 is 1.36 bits per heavy atom. The molecule has 0 saturated heterocycles. The van der Waals surface area contributed by atoms with Gasteiger partial charge in [-0.3, -0.25) is 9.69 Å². The number of aliphatic hydroxyl groups is 1. The fourth-order valence-corrected chi connectivity index (χ4v) is 3.65. The molecular formula is C14H19N5O2S. The number of amides is 1. The fraction of sp³-hybridized carbons (Fsp3) is 0.500. The Bertz CT molecular complexity index is 723. The zero-order chi connectivity index (χ0) is 16.0. The largest absolute Gasteiger partial charge is 0.356 e. The van der Waals surface area contributed by atoms with Crippen LogP contribution in [0.25, 0.3) is 0 Å². The van der Waals surface area contributed by atoms with Gasteiger partial charge in [-0.1, -0.05) is 0 Å². The summed E-state index contributed by atoms with van der Waals surface area (Å²) >= 11 is 1.63. The number of anilines is 1. The molecule has 0 aliphatic carbocycles. The van der Waals surface area contributed by atoms with E-state index < -0.39 is 6.35 Å². The number of aromatic nitrogens is 3. The lowest BCUT2D eigenvalue weighted by molar-refractivity contribution is 0.00374. The van der Waals surface area contributed by atoms with Gasteiger partial charge in [0.05, 0.1) is 17.0 Å². The lowest BCUT2D eigenvalue weighted by Gasteiger charge is -2.38. The number of hydrogen-bond acceptors (Lipinski definition) is 6. The number of aliphatic hydroxyl groups excluding tert-OH is 1. The van der Waals surface area contributed by atoms with Crippen LogP contribution in [0, 0.1) is 13.8 Å². The van der Waals surface area contributed by atoms with Crippen molar-refractivity contribution >= 4 is 23.1 Å². The highest BCUT2D eigenvalue weighted by molar-refractivity contribution is 7.11. The Kier molecular flexibility index (Phi) is 3.65. The number of aryl methyl sites for hydroxylation is 3. The Balaban J connectivity index is 1.83. The summed E-state index contributed by atoms with van der Waals surface area (Å²) in [5, 5.41) is 11.4. The van der Waals surface area contributed by atoms with E-state index in [9.17, 15) is 9.90 Å². The van der Waals surface area contributed by atoms with E-state index in [1.54, 1.807) is 41.2 Å². The van der Waals surface area contributed by atoms with Gasteiger partial charge in [-0.25, -0.2) is 9.97 Å². The first-order valence-corrected chi connectivity index (χ1v) is 7.88. The monoisotopic (exact) mass is 321 g/mol. The Morgan fingerprint density at radius 3 is 2.73 bits per heavy atom. The lowest BCUT2D eigenvalue weighted by Crippen LogP contribution is -2.54. The summed E-state index contributed by atoms with van der Waals surface area (Å²) in [4.78, 5) is 25.4. The number of carbonyl (C=O) groups excluding carboxylic acids is 1. The molecule has 8 heteroatoms. The molecule has 0 aromatic carbocycles. The summed E-state index contributed by atoms with van der Waals surface area (Å²) < 4.78 is 1.69. The molecule has 1 aliphatic heterocycles. The van der Waals surface area contributed by atoms with E-state index in [0.29, 0.717) is 24.5 Å². The van der Waals surface area contributed by atoms with Gasteiger partial charge in [0.25, 0.3) is 5.91 Å². The summed E-state index contributed by atoms with van der Waals surface area (Å²) in [6.07, 6.45) is 1.27. The van der Waals surface area contributed by atoms with Crippen molar-refractivity contribution in [3.8, 4) is 0 Å². The average molecular weight is 321 g/mol. The second-order valence-corrected chi connectivity index (χ2v) is 6.76. The van der Waals surface area contributed by atoms with Crippen molar-refractivity contribution in [2.75, 3.05) is 18.5 Å². The molecule has 118 valence electrons. The molecule has 0 spiro atoms. The van der Waals surface area contributed by atoms with Crippen LogP contribution in [0.4, 0.5) is 5.82 Å². The van der Waals surface area contributed by atoms with Gasteiger partial charge in [0.15, 0.2) is 11.5 Å². The first-order chi connectivity index (χ1) is 10.4. The predicted molar refractivity (Wildman–Crippen MR) is 83.9 cm³/mol. The summed E-state index contributed by atoms with van der Waals surface area (Å²) in [7, 11) is 3.52. The Hall–Kier alpha value is -1.93. The van der Waals surface area contributed by atoms with Crippen LogP contribution >= 0.6 is 11.3 Å². The molecule has 1 aliphatic rings.